The van der Waals surface area contributed by atoms with Gasteiger partial charge in [-0.2, -0.15) is 9.98 Å². The van der Waals surface area contributed by atoms with E-state index in [0.29, 0.717) is 11.1 Å². The van der Waals surface area contributed by atoms with Gasteiger partial charge in [0.2, 0.25) is 15.9 Å². The smallest absolute Gasteiger partial charge is 0.241 e. The number of hydrogen-bond donors (Lipinski definition) is 2. The van der Waals surface area contributed by atoms with Gasteiger partial charge in [-0.15, -0.1) is 0 Å². The summed E-state index contributed by atoms with van der Waals surface area (Å²) in [6.45, 7) is 1.62. The molecule has 0 radical (unpaired) electrons. The molecule has 35 heavy (non-hydrogen) atoms. The molecule has 11 heteroatoms. The van der Waals surface area contributed by atoms with E-state index in [4.69, 9.17) is 21.3 Å². The molecule has 2 aromatic carbocycles. The second kappa shape index (κ2) is 10.2. The number of fused-ring (bicyclic) bond motifs is 1. The first kappa shape index (κ1) is 24.3. The maximum atomic E-state index is 12.9. The van der Waals surface area contributed by atoms with Gasteiger partial charge in [-0.05, 0) is 60.5 Å². The summed E-state index contributed by atoms with van der Waals surface area (Å²) in [4.78, 5) is 21.2. The van der Waals surface area contributed by atoms with Crippen molar-refractivity contribution in [3.63, 3.8) is 0 Å². The Bertz CT molecular complexity index is 1550. The van der Waals surface area contributed by atoms with Crippen LogP contribution in [0.15, 0.2) is 70.1 Å². The van der Waals surface area contributed by atoms with Gasteiger partial charge in [0, 0.05) is 23.3 Å². The highest BCUT2D eigenvalue weighted by Gasteiger charge is 2.28. The predicted octanol–water partition coefficient (Wildman–Crippen LogP) is 3.38. The van der Waals surface area contributed by atoms with E-state index in [9.17, 15) is 13.2 Å². The fourth-order valence-electron chi connectivity index (χ4n) is 3.47. The van der Waals surface area contributed by atoms with Gasteiger partial charge in [-0.3, -0.25) is 9.78 Å². The van der Waals surface area contributed by atoms with Crippen molar-refractivity contribution in [2.45, 2.75) is 24.3 Å². The number of nitrogens with one attached hydrogen (secondary N) is 2. The van der Waals surface area contributed by atoms with Crippen molar-refractivity contribution in [3.05, 3.63) is 77.4 Å². The highest BCUT2D eigenvalue weighted by atomic mass is 35.5. The molecule has 0 unspecified atom stereocenters. The first-order chi connectivity index (χ1) is 16.7. The summed E-state index contributed by atoms with van der Waals surface area (Å²) in [7, 11) is -4.10. The lowest BCUT2D eigenvalue weighted by molar-refractivity contribution is -0.122. The number of nitriles is 1. The Kier molecular flexibility index (Phi) is 7.12. The molecule has 2 aromatic heterocycles. The predicted molar refractivity (Wildman–Crippen MR) is 130 cm³/mol. The summed E-state index contributed by atoms with van der Waals surface area (Å²) in [5, 5.41) is 11.4. The number of aromatic nitrogens is 2. The topological polar surface area (TPSA) is 138 Å². The second-order valence-corrected chi connectivity index (χ2v) is 9.84. The average Bonchev–Trinajstić information content (AvgIpc) is 3.23. The van der Waals surface area contributed by atoms with Crippen molar-refractivity contribution in [3.8, 4) is 17.2 Å². The molecule has 1 amide bonds. The molecule has 0 spiro atoms. The Hall–Kier alpha value is -3.78. The molecule has 0 aliphatic rings. The molecule has 0 saturated carbocycles. The van der Waals surface area contributed by atoms with E-state index in [1.54, 1.807) is 18.3 Å². The lowest BCUT2D eigenvalue weighted by atomic mass is 10.1. The minimum absolute atomic E-state index is 0.0991. The SMILES string of the molecule is Cc1cc(-c2ccc3nc(C[C@H](NS(=O)(=O)c4cccc(Cl)c4)C(=O)NCC#N)oc3c2)ccn1. The molecule has 4 aromatic rings. The van der Waals surface area contributed by atoms with E-state index in [0.717, 1.165) is 16.8 Å². The number of carbonyl (C=O) groups is 1. The van der Waals surface area contributed by atoms with Crippen LogP contribution in [0.5, 0.6) is 0 Å². The van der Waals surface area contributed by atoms with E-state index < -0.39 is 22.0 Å². The lowest BCUT2D eigenvalue weighted by Crippen LogP contribution is -2.48. The molecular weight excluding hydrogens is 490 g/mol. The summed E-state index contributed by atoms with van der Waals surface area (Å²) < 4.78 is 34.0. The fraction of sp³-hybridized carbons (Fsp3) is 0.167. The van der Waals surface area contributed by atoms with Crippen LogP contribution in [-0.2, 0) is 21.2 Å². The van der Waals surface area contributed by atoms with Gasteiger partial charge in [0.25, 0.3) is 0 Å². The molecule has 178 valence electrons. The zero-order valence-electron chi connectivity index (χ0n) is 18.5. The molecule has 0 saturated heterocycles. The average molecular weight is 510 g/mol. The van der Waals surface area contributed by atoms with Crippen molar-refractivity contribution in [2.24, 2.45) is 0 Å². The minimum Gasteiger partial charge on any atom is -0.441 e. The molecule has 0 aliphatic heterocycles. The van der Waals surface area contributed by atoms with Gasteiger partial charge in [0.15, 0.2) is 11.5 Å². The number of hydrogen-bond acceptors (Lipinski definition) is 7. The van der Waals surface area contributed by atoms with Crippen molar-refractivity contribution in [1.82, 2.24) is 20.0 Å². The van der Waals surface area contributed by atoms with Crippen LogP contribution >= 0.6 is 11.6 Å². The number of pyridine rings is 1. The summed E-state index contributed by atoms with van der Waals surface area (Å²) in [6, 6.07) is 15.5. The van der Waals surface area contributed by atoms with Crippen molar-refractivity contribution in [2.75, 3.05) is 6.54 Å². The Labute approximate surface area is 206 Å². The standard InChI is InChI=1S/C24H20ClN5O4S/c1-15-11-17(7-9-27-15)16-5-6-20-22(12-16)34-23(29-20)14-21(24(31)28-10-8-26)30-35(32,33)19-4-2-3-18(25)13-19/h2-7,9,11-13,21,30H,10,14H2,1H3,(H,28,31)/t21-/m0/s1. The van der Waals surface area contributed by atoms with Crippen molar-refractivity contribution in [1.29, 1.82) is 5.26 Å². The summed E-state index contributed by atoms with van der Waals surface area (Å²) in [5.74, 6) is -0.527. The largest absolute Gasteiger partial charge is 0.441 e. The second-order valence-electron chi connectivity index (χ2n) is 7.69. The summed E-state index contributed by atoms with van der Waals surface area (Å²) in [5.41, 5.74) is 3.78. The lowest BCUT2D eigenvalue weighted by Gasteiger charge is -2.16. The number of carbonyl (C=O) groups excluding carboxylic acids is 1. The van der Waals surface area contributed by atoms with Crippen LogP contribution in [0, 0.1) is 18.3 Å². The molecule has 0 fully saturated rings. The van der Waals surface area contributed by atoms with Crippen LogP contribution in [-0.4, -0.2) is 36.9 Å². The number of aryl methyl sites for hydroxylation is 1. The minimum atomic E-state index is -4.10. The normalized spacial score (nSPS) is 12.3. The number of oxazole rings is 1. The fourth-order valence-corrected chi connectivity index (χ4v) is 4.96. The summed E-state index contributed by atoms with van der Waals surface area (Å²) >= 11 is 5.92. The highest BCUT2D eigenvalue weighted by molar-refractivity contribution is 7.89. The monoisotopic (exact) mass is 509 g/mol. The molecule has 1 atom stereocenters. The van der Waals surface area contributed by atoms with Gasteiger partial charge < -0.3 is 9.73 Å². The quantitative estimate of drug-likeness (QED) is 0.347. The Balaban J connectivity index is 1.62. The van der Waals surface area contributed by atoms with E-state index in [1.165, 1.54) is 24.3 Å². The van der Waals surface area contributed by atoms with Gasteiger partial charge in [-0.1, -0.05) is 23.7 Å². The third-order valence-electron chi connectivity index (χ3n) is 5.10. The first-order valence-corrected chi connectivity index (χ1v) is 12.4. The van der Waals surface area contributed by atoms with Gasteiger partial charge in [0.05, 0.1) is 11.0 Å². The zero-order chi connectivity index (χ0) is 25.0. The third kappa shape index (κ3) is 5.84. The zero-order valence-corrected chi connectivity index (χ0v) is 20.1. The van der Waals surface area contributed by atoms with Crippen molar-refractivity contribution < 1.29 is 17.6 Å². The number of sulfonamides is 1. The van der Waals surface area contributed by atoms with Gasteiger partial charge >= 0.3 is 0 Å². The van der Waals surface area contributed by atoms with Crippen LogP contribution < -0.4 is 10.0 Å². The van der Waals surface area contributed by atoms with Gasteiger partial charge in [-0.25, -0.2) is 13.4 Å². The third-order valence-corrected chi connectivity index (χ3v) is 6.81. The Morgan fingerprint density at radius 2 is 1.97 bits per heavy atom. The molecular formula is C24H20ClN5O4S. The van der Waals surface area contributed by atoms with Crippen LogP contribution in [0.4, 0.5) is 0 Å². The van der Waals surface area contributed by atoms with E-state index in [1.807, 2.05) is 31.2 Å². The molecule has 0 bridgehead atoms. The van der Waals surface area contributed by atoms with E-state index in [-0.39, 0.29) is 28.8 Å². The summed E-state index contributed by atoms with van der Waals surface area (Å²) in [6.07, 6.45) is 1.55. The van der Waals surface area contributed by atoms with Crippen molar-refractivity contribution >= 4 is 38.6 Å². The molecule has 0 aliphatic carbocycles. The molecule has 9 nitrogen and oxygen atoms in total. The molecule has 2 N–H and O–H groups in total. The first-order valence-electron chi connectivity index (χ1n) is 10.5. The maximum Gasteiger partial charge on any atom is 0.241 e. The van der Waals surface area contributed by atoms with E-state index >= 15 is 0 Å². The Morgan fingerprint density at radius 1 is 1.17 bits per heavy atom. The highest BCUT2D eigenvalue weighted by Crippen LogP contribution is 2.26. The van der Waals surface area contributed by atoms with E-state index in [2.05, 4.69) is 20.0 Å². The van der Waals surface area contributed by atoms with Crippen LogP contribution in [0.1, 0.15) is 11.6 Å². The number of nitrogens with zero attached hydrogens (tertiary/aromatic N) is 3. The van der Waals surface area contributed by atoms with Crippen LogP contribution in [0.2, 0.25) is 5.02 Å². The maximum absolute atomic E-state index is 12.9. The molecule has 2 heterocycles. The number of benzene rings is 2. The van der Waals surface area contributed by atoms with Gasteiger partial charge in [0.1, 0.15) is 18.1 Å². The number of halogens is 1. The molecule has 4 rings (SSSR count). The Morgan fingerprint density at radius 3 is 2.71 bits per heavy atom. The number of rotatable bonds is 8. The van der Waals surface area contributed by atoms with Crippen LogP contribution in [0.25, 0.3) is 22.2 Å². The number of amides is 1. The van der Waals surface area contributed by atoms with Crippen LogP contribution in [0.3, 0.4) is 0 Å².